The number of nitrogens with one attached hydrogen (secondary N) is 1. The van der Waals surface area contributed by atoms with E-state index in [2.05, 4.69) is 5.32 Å². The molecule has 1 atom stereocenters. The Kier molecular flexibility index (Phi) is 9.28. The number of aryl methyl sites for hydroxylation is 1. The molecule has 0 aliphatic rings. The Labute approximate surface area is 196 Å². The Morgan fingerprint density at radius 1 is 1.12 bits per heavy atom. The second kappa shape index (κ2) is 11.7. The number of sulfonamides is 1. The van der Waals surface area contributed by atoms with Crippen LogP contribution < -0.4 is 14.4 Å². The van der Waals surface area contributed by atoms with Crippen molar-refractivity contribution in [1.82, 2.24) is 10.2 Å². The standard InChI is InChI=1S/C24H33N3O5S/c1-6-13-25-24(29)19(3)26(16-20-10-7-9-18(2)14-20)23(28)17-27(33(5,30)31)21-11-8-12-22(15-21)32-4/h7-12,14-15,19H,6,13,16-17H2,1-5H3,(H,25,29). The van der Waals surface area contributed by atoms with Gasteiger partial charge in [-0.25, -0.2) is 8.42 Å². The average Bonchev–Trinajstić information content (AvgIpc) is 2.78. The van der Waals surface area contributed by atoms with Gasteiger partial charge in [-0.1, -0.05) is 42.8 Å². The smallest absolute Gasteiger partial charge is 0.244 e. The first-order valence-electron chi connectivity index (χ1n) is 10.8. The summed E-state index contributed by atoms with van der Waals surface area (Å²) < 4.78 is 31.4. The molecule has 1 N–H and O–H groups in total. The Hall–Kier alpha value is -3.07. The second-order valence-corrected chi connectivity index (χ2v) is 9.86. The fraction of sp³-hybridized carbons (Fsp3) is 0.417. The zero-order chi connectivity index (χ0) is 24.6. The number of amides is 2. The van der Waals surface area contributed by atoms with Crippen LogP contribution in [0.15, 0.2) is 48.5 Å². The van der Waals surface area contributed by atoms with Gasteiger partial charge in [-0.15, -0.1) is 0 Å². The van der Waals surface area contributed by atoms with E-state index in [0.29, 0.717) is 18.0 Å². The number of anilines is 1. The molecule has 0 bridgehead atoms. The lowest BCUT2D eigenvalue weighted by molar-refractivity contribution is -0.139. The highest BCUT2D eigenvalue weighted by Gasteiger charge is 2.30. The summed E-state index contributed by atoms with van der Waals surface area (Å²) in [7, 11) is -2.30. The fourth-order valence-corrected chi connectivity index (χ4v) is 4.21. The van der Waals surface area contributed by atoms with E-state index in [1.54, 1.807) is 31.2 Å². The maximum Gasteiger partial charge on any atom is 0.244 e. The molecule has 0 saturated carbocycles. The molecular formula is C24H33N3O5S. The van der Waals surface area contributed by atoms with Crippen LogP contribution in [0.5, 0.6) is 5.75 Å². The number of carbonyl (C=O) groups is 2. The van der Waals surface area contributed by atoms with Crippen LogP contribution in [0.2, 0.25) is 0 Å². The van der Waals surface area contributed by atoms with Crippen molar-refractivity contribution in [2.45, 2.75) is 39.8 Å². The maximum atomic E-state index is 13.4. The third-order valence-electron chi connectivity index (χ3n) is 5.17. The molecule has 0 fully saturated rings. The molecule has 0 aliphatic carbocycles. The average molecular weight is 476 g/mol. The fourth-order valence-electron chi connectivity index (χ4n) is 3.37. The van der Waals surface area contributed by atoms with Crippen LogP contribution >= 0.6 is 0 Å². The van der Waals surface area contributed by atoms with E-state index >= 15 is 0 Å². The van der Waals surface area contributed by atoms with Crippen molar-refractivity contribution in [2.75, 3.05) is 30.8 Å². The van der Waals surface area contributed by atoms with E-state index < -0.39 is 28.5 Å². The molecule has 2 rings (SSSR count). The van der Waals surface area contributed by atoms with E-state index in [9.17, 15) is 18.0 Å². The number of rotatable bonds is 11. The molecule has 1 unspecified atom stereocenters. The number of ether oxygens (including phenoxy) is 1. The van der Waals surface area contributed by atoms with Crippen molar-refractivity contribution in [3.05, 3.63) is 59.7 Å². The van der Waals surface area contributed by atoms with Crippen molar-refractivity contribution in [3.8, 4) is 5.75 Å². The molecule has 9 heteroatoms. The van der Waals surface area contributed by atoms with Crippen LogP contribution in [-0.2, 0) is 26.2 Å². The topological polar surface area (TPSA) is 96.0 Å². The summed E-state index contributed by atoms with van der Waals surface area (Å²) in [5.74, 6) is -0.299. The van der Waals surface area contributed by atoms with Gasteiger partial charge >= 0.3 is 0 Å². The molecule has 2 aromatic rings. The highest BCUT2D eigenvalue weighted by molar-refractivity contribution is 7.92. The molecule has 0 aliphatic heterocycles. The van der Waals surface area contributed by atoms with Gasteiger partial charge in [0.15, 0.2) is 0 Å². The first kappa shape index (κ1) is 26.2. The number of nitrogens with zero attached hydrogens (tertiary/aromatic N) is 2. The summed E-state index contributed by atoms with van der Waals surface area (Å²) in [5.41, 5.74) is 2.19. The minimum Gasteiger partial charge on any atom is -0.497 e. The van der Waals surface area contributed by atoms with E-state index in [1.807, 2.05) is 38.1 Å². The third-order valence-corrected chi connectivity index (χ3v) is 6.31. The normalized spacial score (nSPS) is 12.0. The molecule has 0 aromatic heterocycles. The van der Waals surface area contributed by atoms with E-state index in [4.69, 9.17) is 4.74 Å². The first-order chi connectivity index (χ1) is 15.6. The summed E-state index contributed by atoms with van der Waals surface area (Å²) in [6, 6.07) is 13.4. The largest absolute Gasteiger partial charge is 0.497 e. The zero-order valence-electron chi connectivity index (χ0n) is 19.9. The highest BCUT2D eigenvalue weighted by Crippen LogP contribution is 2.23. The molecule has 0 saturated heterocycles. The number of hydrogen-bond donors (Lipinski definition) is 1. The number of carbonyl (C=O) groups excluding carboxylic acids is 2. The van der Waals surface area contributed by atoms with Gasteiger partial charge in [-0.3, -0.25) is 13.9 Å². The van der Waals surface area contributed by atoms with Crippen molar-refractivity contribution in [2.24, 2.45) is 0 Å². The van der Waals surface area contributed by atoms with Gasteiger partial charge in [-0.05, 0) is 38.0 Å². The minimum atomic E-state index is -3.78. The van der Waals surface area contributed by atoms with Crippen molar-refractivity contribution in [3.63, 3.8) is 0 Å². The predicted octanol–water partition coefficient (Wildman–Crippen LogP) is 2.71. The lowest BCUT2D eigenvalue weighted by atomic mass is 10.1. The van der Waals surface area contributed by atoms with Crippen molar-refractivity contribution in [1.29, 1.82) is 0 Å². The lowest BCUT2D eigenvalue weighted by Crippen LogP contribution is -2.51. The summed E-state index contributed by atoms with van der Waals surface area (Å²) in [6.45, 7) is 5.77. The van der Waals surface area contributed by atoms with Gasteiger partial charge in [0.2, 0.25) is 21.8 Å². The predicted molar refractivity (Wildman–Crippen MR) is 130 cm³/mol. The van der Waals surface area contributed by atoms with Gasteiger partial charge in [-0.2, -0.15) is 0 Å². The molecule has 2 amide bonds. The Morgan fingerprint density at radius 2 is 1.82 bits per heavy atom. The molecule has 0 radical (unpaired) electrons. The van der Waals surface area contributed by atoms with Crippen molar-refractivity contribution < 1.29 is 22.7 Å². The third kappa shape index (κ3) is 7.49. The molecule has 180 valence electrons. The number of hydrogen-bond acceptors (Lipinski definition) is 5. The van der Waals surface area contributed by atoms with Crippen LogP contribution in [-0.4, -0.2) is 57.6 Å². The number of methoxy groups -OCH3 is 1. The van der Waals surface area contributed by atoms with Gasteiger partial charge < -0.3 is 15.0 Å². The maximum absolute atomic E-state index is 13.4. The van der Waals surface area contributed by atoms with E-state index in [0.717, 1.165) is 28.1 Å². The van der Waals surface area contributed by atoms with Crippen LogP contribution in [0.1, 0.15) is 31.4 Å². The van der Waals surface area contributed by atoms with Gasteiger partial charge in [0.25, 0.3) is 0 Å². The van der Waals surface area contributed by atoms with Crippen LogP contribution in [0.25, 0.3) is 0 Å². The monoisotopic (exact) mass is 475 g/mol. The van der Waals surface area contributed by atoms with Crippen LogP contribution in [0.3, 0.4) is 0 Å². The lowest BCUT2D eigenvalue weighted by Gasteiger charge is -2.31. The molecule has 0 spiro atoms. The molecule has 2 aromatic carbocycles. The molecular weight excluding hydrogens is 442 g/mol. The minimum absolute atomic E-state index is 0.178. The van der Waals surface area contributed by atoms with Crippen LogP contribution in [0, 0.1) is 6.92 Å². The summed E-state index contributed by atoms with van der Waals surface area (Å²) in [6.07, 6.45) is 1.81. The highest BCUT2D eigenvalue weighted by atomic mass is 32.2. The summed E-state index contributed by atoms with van der Waals surface area (Å²) in [5, 5.41) is 2.81. The second-order valence-electron chi connectivity index (χ2n) is 7.95. The van der Waals surface area contributed by atoms with Gasteiger partial charge in [0.05, 0.1) is 19.1 Å². The zero-order valence-corrected chi connectivity index (χ0v) is 20.7. The SMILES string of the molecule is CCCNC(=O)C(C)N(Cc1cccc(C)c1)C(=O)CN(c1cccc(OC)c1)S(C)(=O)=O. The van der Waals surface area contributed by atoms with E-state index in [1.165, 1.54) is 12.0 Å². The summed E-state index contributed by atoms with van der Waals surface area (Å²) in [4.78, 5) is 27.5. The molecule has 8 nitrogen and oxygen atoms in total. The quantitative estimate of drug-likeness (QED) is 0.539. The first-order valence-corrected chi connectivity index (χ1v) is 12.7. The molecule has 0 heterocycles. The van der Waals surface area contributed by atoms with Crippen LogP contribution in [0.4, 0.5) is 5.69 Å². The van der Waals surface area contributed by atoms with Crippen molar-refractivity contribution >= 4 is 27.5 Å². The van der Waals surface area contributed by atoms with E-state index in [-0.39, 0.29) is 12.5 Å². The van der Waals surface area contributed by atoms with Gasteiger partial charge in [0.1, 0.15) is 18.3 Å². The Morgan fingerprint density at radius 3 is 2.42 bits per heavy atom. The van der Waals surface area contributed by atoms with Gasteiger partial charge in [0, 0.05) is 19.2 Å². The summed E-state index contributed by atoms with van der Waals surface area (Å²) >= 11 is 0. The Balaban J connectivity index is 2.38. The Bertz CT molecular complexity index is 1070. The molecule has 33 heavy (non-hydrogen) atoms. The number of benzene rings is 2.